The van der Waals surface area contributed by atoms with Crippen molar-refractivity contribution in [3.05, 3.63) is 36.0 Å². The molecule has 3 rings (SSSR count). The zero-order valence-corrected chi connectivity index (χ0v) is 11.2. The minimum absolute atomic E-state index is 0.369. The highest BCUT2D eigenvalue weighted by Gasteiger charge is 2.22. The summed E-state index contributed by atoms with van der Waals surface area (Å²) >= 11 is 0. The summed E-state index contributed by atoms with van der Waals surface area (Å²) in [6.07, 6.45) is 3.30. The standard InChI is InChI=1S/C15H19N3O/c1-19-12-6-8-18(10-12)9-11-4-5-14(16)13-3-2-7-17-15(11)13/h2-5,7,12H,6,8-10,16H2,1H3. The average Bonchev–Trinajstić information content (AvgIpc) is 2.90. The van der Waals surface area contributed by atoms with Crippen LogP contribution in [0.2, 0.25) is 0 Å². The smallest absolute Gasteiger partial charge is 0.0767 e. The van der Waals surface area contributed by atoms with Gasteiger partial charge in [-0.2, -0.15) is 0 Å². The third-order valence-electron chi connectivity index (χ3n) is 3.84. The fourth-order valence-corrected chi connectivity index (χ4v) is 2.75. The zero-order valence-electron chi connectivity index (χ0n) is 11.2. The Morgan fingerprint density at radius 1 is 1.42 bits per heavy atom. The van der Waals surface area contributed by atoms with Crippen molar-refractivity contribution in [2.45, 2.75) is 19.1 Å². The average molecular weight is 257 g/mol. The monoisotopic (exact) mass is 257 g/mol. The molecule has 0 saturated carbocycles. The molecule has 100 valence electrons. The molecule has 0 bridgehead atoms. The maximum absolute atomic E-state index is 6.00. The van der Waals surface area contributed by atoms with Crippen LogP contribution in [-0.2, 0) is 11.3 Å². The third-order valence-corrected chi connectivity index (χ3v) is 3.84. The summed E-state index contributed by atoms with van der Waals surface area (Å²) < 4.78 is 5.41. The lowest BCUT2D eigenvalue weighted by Gasteiger charge is -2.17. The van der Waals surface area contributed by atoms with Crippen LogP contribution in [-0.4, -0.2) is 36.2 Å². The minimum atomic E-state index is 0.369. The summed E-state index contributed by atoms with van der Waals surface area (Å²) in [6.45, 7) is 2.99. The molecule has 1 aliphatic heterocycles. The number of benzene rings is 1. The number of nitrogen functional groups attached to an aromatic ring is 1. The molecule has 2 heterocycles. The van der Waals surface area contributed by atoms with E-state index in [2.05, 4.69) is 16.0 Å². The van der Waals surface area contributed by atoms with E-state index < -0.39 is 0 Å². The van der Waals surface area contributed by atoms with Gasteiger partial charge in [-0.25, -0.2) is 0 Å². The van der Waals surface area contributed by atoms with E-state index in [4.69, 9.17) is 10.5 Å². The Balaban J connectivity index is 1.87. The maximum atomic E-state index is 6.00. The van der Waals surface area contributed by atoms with E-state index in [0.29, 0.717) is 6.10 Å². The fraction of sp³-hybridized carbons (Fsp3) is 0.400. The SMILES string of the molecule is COC1CCN(Cc2ccc(N)c3cccnc23)C1. The number of nitrogens with zero attached hydrogens (tertiary/aromatic N) is 2. The highest BCUT2D eigenvalue weighted by molar-refractivity contribution is 5.92. The first-order valence-corrected chi connectivity index (χ1v) is 6.65. The number of hydrogen-bond acceptors (Lipinski definition) is 4. The van der Waals surface area contributed by atoms with Crippen LogP contribution in [0.1, 0.15) is 12.0 Å². The van der Waals surface area contributed by atoms with Crippen molar-refractivity contribution in [3.8, 4) is 0 Å². The molecule has 1 unspecified atom stereocenters. The largest absolute Gasteiger partial charge is 0.398 e. The van der Waals surface area contributed by atoms with Crippen molar-refractivity contribution < 1.29 is 4.74 Å². The summed E-state index contributed by atoms with van der Waals surface area (Å²) in [7, 11) is 1.79. The number of rotatable bonds is 3. The Labute approximate surface area is 113 Å². The van der Waals surface area contributed by atoms with Crippen LogP contribution >= 0.6 is 0 Å². The molecule has 1 fully saturated rings. The van der Waals surface area contributed by atoms with E-state index in [0.717, 1.165) is 42.6 Å². The van der Waals surface area contributed by atoms with E-state index in [-0.39, 0.29) is 0 Å². The molecule has 0 amide bonds. The van der Waals surface area contributed by atoms with Crippen molar-refractivity contribution in [2.24, 2.45) is 0 Å². The summed E-state index contributed by atoms with van der Waals surface area (Å²) in [5.41, 5.74) is 9.05. The molecule has 2 N–H and O–H groups in total. The van der Waals surface area contributed by atoms with Crippen molar-refractivity contribution in [1.29, 1.82) is 0 Å². The third kappa shape index (κ3) is 2.41. The Kier molecular flexibility index (Phi) is 3.36. The van der Waals surface area contributed by atoms with Crippen LogP contribution in [0.3, 0.4) is 0 Å². The van der Waals surface area contributed by atoms with Crippen molar-refractivity contribution >= 4 is 16.6 Å². The van der Waals surface area contributed by atoms with E-state index in [1.54, 1.807) is 7.11 Å². The van der Waals surface area contributed by atoms with Crippen LogP contribution in [0, 0.1) is 0 Å². The summed E-state index contributed by atoms with van der Waals surface area (Å²) in [4.78, 5) is 6.90. The van der Waals surface area contributed by atoms with E-state index >= 15 is 0 Å². The number of methoxy groups -OCH3 is 1. The number of fused-ring (bicyclic) bond motifs is 1. The lowest BCUT2D eigenvalue weighted by Crippen LogP contribution is -2.22. The molecule has 1 atom stereocenters. The number of pyridine rings is 1. The molecule has 4 heteroatoms. The van der Waals surface area contributed by atoms with Crippen molar-refractivity contribution in [2.75, 3.05) is 25.9 Å². The van der Waals surface area contributed by atoms with Gasteiger partial charge in [0.15, 0.2) is 0 Å². The lowest BCUT2D eigenvalue weighted by atomic mass is 10.1. The maximum Gasteiger partial charge on any atom is 0.0767 e. The van der Waals surface area contributed by atoms with Crippen LogP contribution < -0.4 is 5.73 Å². The minimum Gasteiger partial charge on any atom is -0.398 e. The molecular weight excluding hydrogens is 238 g/mol. The molecular formula is C15H19N3O. The molecule has 2 aromatic rings. The Bertz CT molecular complexity index is 585. The van der Waals surface area contributed by atoms with Gasteiger partial charge >= 0.3 is 0 Å². The van der Waals surface area contributed by atoms with Gasteiger partial charge in [0.2, 0.25) is 0 Å². The lowest BCUT2D eigenvalue weighted by molar-refractivity contribution is 0.107. The quantitative estimate of drug-likeness (QED) is 0.855. The summed E-state index contributed by atoms with van der Waals surface area (Å²) in [5, 5.41) is 1.04. The molecule has 4 nitrogen and oxygen atoms in total. The van der Waals surface area contributed by atoms with Gasteiger partial charge in [0.25, 0.3) is 0 Å². The number of nitrogens with two attached hydrogens (primary N) is 1. The topological polar surface area (TPSA) is 51.4 Å². The van der Waals surface area contributed by atoms with Gasteiger partial charge in [0.05, 0.1) is 11.6 Å². The first-order chi connectivity index (χ1) is 9.28. The van der Waals surface area contributed by atoms with Crippen molar-refractivity contribution in [3.63, 3.8) is 0 Å². The second-order valence-electron chi connectivity index (χ2n) is 5.09. The Morgan fingerprint density at radius 3 is 3.11 bits per heavy atom. The van der Waals surface area contributed by atoms with E-state index in [1.165, 1.54) is 5.56 Å². The van der Waals surface area contributed by atoms with Crippen molar-refractivity contribution in [1.82, 2.24) is 9.88 Å². The van der Waals surface area contributed by atoms with Gasteiger partial charge in [-0.05, 0) is 30.2 Å². The second kappa shape index (κ2) is 5.15. The molecule has 1 aliphatic rings. The molecule has 0 spiro atoms. The second-order valence-corrected chi connectivity index (χ2v) is 5.09. The van der Waals surface area contributed by atoms with Gasteiger partial charge in [-0.15, -0.1) is 0 Å². The number of hydrogen-bond donors (Lipinski definition) is 1. The zero-order chi connectivity index (χ0) is 13.2. The van der Waals surface area contributed by atoms with E-state index in [1.807, 2.05) is 24.4 Å². The summed E-state index contributed by atoms with van der Waals surface area (Å²) in [5.74, 6) is 0. The van der Waals surface area contributed by atoms with Gasteiger partial charge in [0, 0.05) is 44.0 Å². The van der Waals surface area contributed by atoms with E-state index in [9.17, 15) is 0 Å². The highest BCUT2D eigenvalue weighted by Crippen LogP contribution is 2.25. The number of likely N-dealkylation sites (tertiary alicyclic amines) is 1. The first kappa shape index (κ1) is 12.4. The van der Waals surface area contributed by atoms with Crippen LogP contribution in [0.4, 0.5) is 5.69 Å². The van der Waals surface area contributed by atoms with Gasteiger partial charge in [-0.3, -0.25) is 9.88 Å². The first-order valence-electron chi connectivity index (χ1n) is 6.65. The predicted molar refractivity (Wildman–Crippen MR) is 76.8 cm³/mol. The molecule has 0 aliphatic carbocycles. The van der Waals surface area contributed by atoms with Crippen LogP contribution in [0.5, 0.6) is 0 Å². The molecule has 19 heavy (non-hydrogen) atoms. The molecule has 1 aromatic heterocycles. The normalized spacial score (nSPS) is 20.2. The van der Waals surface area contributed by atoms with Gasteiger partial charge in [-0.1, -0.05) is 6.07 Å². The number of anilines is 1. The number of ether oxygens (including phenoxy) is 1. The van der Waals surface area contributed by atoms with Gasteiger partial charge in [0.1, 0.15) is 0 Å². The molecule has 1 aromatic carbocycles. The Morgan fingerprint density at radius 2 is 2.32 bits per heavy atom. The highest BCUT2D eigenvalue weighted by atomic mass is 16.5. The van der Waals surface area contributed by atoms with Crippen LogP contribution in [0.25, 0.3) is 10.9 Å². The van der Waals surface area contributed by atoms with Gasteiger partial charge < -0.3 is 10.5 Å². The fourth-order valence-electron chi connectivity index (χ4n) is 2.75. The number of aromatic nitrogens is 1. The molecule has 0 radical (unpaired) electrons. The molecule has 1 saturated heterocycles. The predicted octanol–water partition coefficient (Wildman–Crippen LogP) is 2.04. The Hall–Kier alpha value is -1.65. The van der Waals surface area contributed by atoms with Crippen LogP contribution in [0.15, 0.2) is 30.5 Å². The summed E-state index contributed by atoms with van der Waals surface area (Å²) in [6, 6.07) is 8.02.